The minimum absolute atomic E-state index is 0.0204. The van der Waals surface area contributed by atoms with Crippen LogP contribution in [0.15, 0.2) is 24.3 Å². The average Bonchev–Trinajstić information content (AvgIpc) is 3.36. The van der Waals surface area contributed by atoms with Crippen molar-refractivity contribution in [3.63, 3.8) is 0 Å². The standard InChI is InChI=1S/C31H44N8O11/c1-18(2)27(28(32)45)38(3)31(48)49-17-19-9-11-20(12-10-19)36-29(46)21(6-5-15-34-30(33)47)37-23(41)16-35-22(40)7-4-8-26(44)50-39-24(42)13-14-25(39)43/h9-12,18,21,27H,4-8,13-17H2,1-3H3,(H2,32,45)(H,35,40)(H,36,46)(H,37,41)(H3,33,34,47)/t21-,27-/m0/s1. The molecule has 0 bridgehead atoms. The van der Waals surface area contributed by atoms with Crippen molar-refractivity contribution in [2.45, 2.75) is 77.5 Å². The first-order chi connectivity index (χ1) is 23.6. The van der Waals surface area contributed by atoms with Gasteiger partial charge in [-0.25, -0.2) is 14.4 Å². The molecule has 19 heteroatoms. The number of hydrogen-bond acceptors (Lipinski definition) is 11. The third kappa shape index (κ3) is 13.8. The van der Waals surface area contributed by atoms with Gasteiger partial charge < -0.3 is 42.3 Å². The van der Waals surface area contributed by atoms with E-state index in [9.17, 15) is 43.2 Å². The summed E-state index contributed by atoms with van der Waals surface area (Å²) in [6, 6.07) is 3.63. The second-order valence-electron chi connectivity index (χ2n) is 11.7. The van der Waals surface area contributed by atoms with Gasteiger partial charge in [0.15, 0.2) is 0 Å². The molecule has 1 heterocycles. The van der Waals surface area contributed by atoms with E-state index < -0.39 is 72.2 Å². The van der Waals surface area contributed by atoms with E-state index in [-0.39, 0.29) is 64.0 Å². The number of hydrogen-bond donors (Lipinski definition) is 6. The first-order valence-corrected chi connectivity index (χ1v) is 15.8. The third-order valence-electron chi connectivity index (χ3n) is 7.26. The number of likely N-dealkylation sites (N-methyl/N-ethyl adjacent to an activating group) is 1. The van der Waals surface area contributed by atoms with Crippen molar-refractivity contribution >= 4 is 59.2 Å². The molecule has 0 unspecified atom stereocenters. The Balaban J connectivity index is 1.87. The fourth-order valence-electron chi connectivity index (χ4n) is 4.74. The van der Waals surface area contributed by atoms with Gasteiger partial charge in [0.1, 0.15) is 18.7 Å². The van der Waals surface area contributed by atoms with Gasteiger partial charge in [-0.2, -0.15) is 0 Å². The monoisotopic (exact) mass is 704 g/mol. The van der Waals surface area contributed by atoms with E-state index in [4.69, 9.17) is 21.0 Å². The molecule has 8 N–H and O–H groups in total. The number of nitrogens with one attached hydrogen (secondary N) is 4. The van der Waals surface area contributed by atoms with Crippen molar-refractivity contribution < 1.29 is 52.7 Å². The van der Waals surface area contributed by atoms with Crippen molar-refractivity contribution in [1.82, 2.24) is 25.9 Å². The Labute approximate surface area is 288 Å². The molecule has 1 saturated heterocycles. The molecular weight excluding hydrogens is 660 g/mol. The molecule has 0 aromatic heterocycles. The van der Waals surface area contributed by atoms with Gasteiger partial charge >= 0.3 is 18.1 Å². The molecule has 2 rings (SSSR count). The number of primary amides is 2. The van der Waals surface area contributed by atoms with Crippen LogP contribution in [0.2, 0.25) is 0 Å². The molecule has 2 atom stereocenters. The van der Waals surface area contributed by atoms with E-state index in [1.165, 1.54) is 7.05 Å². The summed E-state index contributed by atoms with van der Waals surface area (Å²) in [5.41, 5.74) is 11.4. The normalized spacial score (nSPS) is 13.6. The Bertz CT molecular complexity index is 1420. The molecule has 274 valence electrons. The molecule has 19 nitrogen and oxygen atoms in total. The molecule has 1 aromatic rings. The second-order valence-corrected chi connectivity index (χ2v) is 11.7. The van der Waals surface area contributed by atoms with Crippen LogP contribution in [0, 0.1) is 5.92 Å². The fourth-order valence-corrected chi connectivity index (χ4v) is 4.74. The molecule has 0 aliphatic carbocycles. The minimum Gasteiger partial charge on any atom is -0.445 e. The molecule has 0 spiro atoms. The zero-order chi connectivity index (χ0) is 37.4. The van der Waals surface area contributed by atoms with Crippen LogP contribution in [0.25, 0.3) is 0 Å². The van der Waals surface area contributed by atoms with E-state index in [0.29, 0.717) is 16.3 Å². The van der Waals surface area contributed by atoms with Gasteiger partial charge in [0.25, 0.3) is 11.8 Å². The Morgan fingerprint density at radius 1 is 0.900 bits per heavy atom. The van der Waals surface area contributed by atoms with Gasteiger partial charge in [-0.05, 0) is 42.9 Å². The summed E-state index contributed by atoms with van der Waals surface area (Å²) >= 11 is 0. The van der Waals surface area contributed by atoms with Crippen molar-refractivity contribution in [1.29, 1.82) is 0 Å². The Kier molecular flexibility index (Phi) is 16.1. The third-order valence-corrected chi connectivity index (χ3v) is 7.26. The van der Waals surface area contributed by atoms with E-state index in [1.807, 2.05) is 0 Å². The number of nitrogens with zero attached hydrogens (tertiary/aromatic N) is 2. The van der Waals surface area contributed by atoms with Gasteiger partial charge in [0, 0.05) is 45.0 Å². The number of hydroxylamine groups is 2. The van der Waals surface area contributed by atoms with Crippen LogP contribution in [0.5, 0.6) is 0 Å². The summed E-state index contributed by atoms with van der Waals surface area (Å²) < 4.78 is 5.28. The van der Waals surface area contributed by atoms with Gasteiger partial charge in [0.05, 0.1) is 6.54 Å². The van der Waals surface area contributed by atoms with Crippen LogP contribution in [-0.2, 0) is 49.7 Å². The quantitative estimate of drug-likeness (QED) is 0.0791. The molecule has 1 aliphatic heterocycles. The minimum atomic E-state index is -1.07. The van der Waals surface area contributed by atoms with Crippen LogP contribution in [0.1, 0.15) is 64.4 Å². The summed E-state index contributed by atoms with van der Waals surface area (Å²) in [5.74, 6) is -4.84. The highest BCUT2D eigenvalue weighted by atomic mass is 16.7. The number of rotatable bonds is 19. The lowest BCUT2D eigenvalue weighted by molar-refractivity contribution is -0.197. The van der Waals surface area contributed by atoms with Gasteiger partial charge in [-0.1, -0.05) is 26.0 Å². The summed E-state index contributed by atoms with van der Waals surface area (Å²) in [6.45, 7) is 3.03. The highest BCUT2D eigenvalue weighted by Crippen LogP contribution is 2.15. The van der Waals surface area contributed by atoms with E-state index in [1.54, 1.807) is 38.1 Å². The number of imide groups is 1. The zero-order valence-electron chi connectivity index (χ0n) is 28.2. The smallest absolute Gasteiger partial charge is 0.410 e. The van der Waals surface area contributed by atoms with Crippen molar-refractivity contribution in [2.75, 3.05) is 25.5 Å². The summed E-state index contributed by atoms with van der Waals surface area (Å²) in [6.07, 6.45) is -0.859. The molecule has 0 radical (unpaired) electrons. The van der Waals surface area contributed by atoms with E-state index in [0.717, 1.165) is 4.90 Å². The maximum atomic E-state index is 13.1. The summed E-state index contributed by atoms with van der Waals surface area (Å²) in [7, 11) is 1.41. The lowest BCUT2D eigenvalue weighted by Crippen LogP contribution is -2.48. The molecular formula is C31H44N8O11. The summed E-state index contributed by atoms with van der Waals surface area (Å²) in [5, 5.41) is 10.4. The number of ether oxygens (including phenoxy) is 1. The van der Waals surface area contributed by atoms with Crippen molar-refractivity contribution in [2.24, 2.45) is 17.4 Å². The van der Waals surface area contributed by atoms with Crippen LogP contribution < -0.4 is 32.7 Å². The number of nitrogens with two attached hydrogens (primary N) is 2. The zero-order valence-corrected chi connectivity index (χ0v) is 28.2. The van der Waals surface area contributed by atoms with E-state index >= 15 is 0 Å². The predicted octanol–water partition coefficient (Wildman–Crippen LogP) is -0.470. The first-order valence-electron chi connectivity index (χ1n) is 15.8. The lowest BCUT2D eigenvalue weighted by Gasteiger charge is -2.27. The topological polar surface area (TPSA) is 279 Å². The molecule has 50 heavy (non-hydrogen) atoms. The van der Waals surface area contributed by atoms with E-state index in [2.05, 4.69) is 21.3 Å². The fraction of sp³-hybridized carbons (Fsp3) is 0.516. The second kappa shape index (κ2) is 19.9. The highest BCUT2D eigenvalue weighted by Gasteiger charge is 2.33. The SMILES string of the molecule is CC(C)[C@@H](C(N)=O)N(C)C(=O)OCc1ccc(NC(=O)[C@H](CCCNC(N)=O)NC(=O)CNC(=O)CCCC(=O)ON2C(=O)CCC2=O)cc1. The first kappa shape index (κ1) is 40.4. The number of carbonyl (C=O) groups excluding carboxylic acids is 9. The Hall–Kier alpha value is -5.75. The maximum Gasteiger partial charge on any atom is 0.410 e. The lowest BCUT2D eigenvalue weighted by atomic mass is 10.0. The number of amides is 9. The molecule has 1 fully saturated rings. The molecule has 0 saturated carbocycles. The predicted molar refractivity (Wildman–Crippen MR) is 174 cm³/mol. The van der Waals surface area contributed by atoms with Crippen LogP contribution >= 0.6 is 0 Å². The Morgan fingerprint density at radius 3 is 2.12 bits per heavy atom. The highest BCUT2D eigenvalue weighted by molar-refractivity contribution is 6.01. The van der Waals surface area contributed by atoms with Gasteiger partial charge in [-0.15, -0.1) is 5.06 Å². The molecule has 1 aliphatic rings. The van der Waals surface area contributed by atoms with Gasteiger partial charge in [0.2, 0.25) is 23.6 Å². The Morgan fingerprint density at radius 2 is 1.54 bits per heavy atom. The van der Waals surface area contributed by atoms with Crippen molar-refractivity contribution in [3.05, 3.63) is 29.8 Å². The number of carbonyl (C=O) groups is 9. The number of urea groups is 1. The average molecular weight is 705 g/mol. The summed E-state index contributed by atoms with van der Waals surface area (Å²) in [4.78, 5) is 114. The van der Waals surface area contributed by atoms with Crippen LogP contribution in [0.3, 0.4) is 0 Å². The van der Waals surface area contributed by atoms with Gasteiger partial charge in [-0.3, -0.25) is 33.7 Å². The van der Waals surface area contributed by atoms with Crippen LogP contribution in [-0.4, -0.2) is 95.7 Å². The number of benzene rings is 1. The molecule has 1 aromatic carbocycles. The number of anilines is 1. The maximum absolute atomic E-state index is 13.1. The van der Waals surface area contributed by atoms with Crippen molar-refractivity contribution in [3.8, 4) is 0 Å². The molecule has 9 amide bonds. The largest absolute Gasteiger partial charge is 0.445 e. The van der Waals surface area contributed by atoms with Crippen LogP contribution in [0.4, 0.5) is 15.3 Å².